The highest BCUT2D eigenvalue weighted by atomic mass is 16.2. The lowest BCUT2D eigenvalue weighted by Gasteiger charge is -2.19. The summed E-state index contributed by atoms with van der Waals surface area (Å²) in [5, 5.41) is 2.89. The van der Waals surface area contributed by atoms with Crippen molar-refractivity contribution in [2.45, 2.75) is 27.3 Å². The van der Waals surface area contributed by atoms with Gasteiger partial charge in [-0.1, -0.05) is 29.8 Å². The zero-order valence-corrected chi connectivity index (χ0v) is 16.7. The number of amides is 2. The van der Waals surface area contributed by atoms with Crippen molar-refractivity contribution in [1.82, 2.24) is 9.80 Å². The Bertz CT molecular complexity index is 750. The third-order valence-electron chi connectivity index (χ3n) is 4.45. The van der Waals surface area contributed by atoms with Crippen molar-refractivity contribution in [3.05, 3.63) is 65.2 Å². The molecule has 0 aliphatic rings. The van der Waals surface area contributed by atoms with Gasteiger partial charge in [-0.25, -0.2) is 0 Å². The second kappa shape index (κ2) is 9.88. The van der Waals surface area contributed by atoms with E-state index in [4.69, 9.17) is 0 Å². The fourth-order valence-electron chi connectivity index (χ4n) is 2.90. The van der Waals surface area contributed by atoms with Gasteiger partial charge in [-0.3, -0.25) is 14.5 Å². The van der Waals surface area contributed by atoms with Gasteiger partial charge >= 0.3 is 0 Å². The molecule has 0 bridgehead atoms. The lowest BCUT2D eigenvalue weighted by Crippen LogP contribution is -2.30. The third-order valence-corrected chi connectivity index (χ3v) is 4.45. The Balaban J connectivity index is 1.88. The van der Waals surface area contributed by atoms with Crippen molar-refractivity contribution in [1.29, 1.82) is 0 Å². The quantitative estimate of drug-likeness (QED) is 0.776. The SMILES string of the molecule is CCN(CC)C(=O)c1ccc(NC(=O)CN(C)Cc2ccc(C)cc2)cc1. The monoisotopic (exact) mass is 367 g/mol. The fourth-order valence-corrected chi connectivity index (χ4v) is 2.90. The Morgan fingerprint density at radius 3 is 2.07 bits per heavy atom. The summed E-state index contributed by atoms with van der Waals surface area (Å²) in [6.45, 7) is 8.36. The first-order chi connectivity index (χ1) is 12.9. The van der Waals surface area contributed by atoms with E-state index in [9.17, 15) is 9.59 Å². The highest BCUT2D eigenvalue weighted by Crippen LogP contribution is 2.12. The van der Waals surface area contributed by atoms with Gasteiger partial charge in [-0.15, -0.1) is 0 Å². The number of likely N-dealkylation sites (N-methyl/N-ethyl adjacent to an activating group) is 1. The molecular weight excluding hydrogens is 338 g/mol. The molecule has 0 aliphatic carbocycles. The van der Waals surface area contributed by atoms with E-state index in [1.807, 2.05) is 25.8 Å². The number of hydrogen-bond acceptors (Lipinski definition) is 3. The molecule has 2 amide bonds. The molecule has 0 saturated carbocycles. The molecule has 0 saturated heterocycles. The number of benzene rings is 2. The van der Waals surface area contributed by atoms with Gasteiger partial charge in [0.15, 0.2) is 0 Å². The third kappa shape index (κ3) is 6.22. The van der Waals surface area contributed by atoms with Crippen molar-refractivity contribution in [2.75, 3.05) is 32.0 Å². The molecule has 0 aliphatic heterocycles. The first-order valence-electron chi connectivity index (χ1n) is 9.36. The smallest absolute Gasteiger partial charge is 0.253 e. The predicted octanol–water partition coefficient (Wildman–Crippen LogP) is 3.55. The van der Waals surface area contributed by atoms with Crippen LogP contribution in [0.25, 0.3) is 0 Å². The van der Waals surface area contributed by atoms with Gasteiger partial charge in [-0.2, -0.15) is 0 Å². The van der Waals surface area contributed by atoms with Crippen molar-refractivity contribution in [3.63, 3.8) is 0 Å². The zero-order valence-electron chi connectivity index (χ0n) is 16.7. The molecule has 5 heteroatoms. The number of rotatable bonds is 8. The van der Waals surface area contributed by atoms with E-state index < -0.39 is 0 Å². The average Bonchev–Trinajstić information content (AvgIpc) is 2.65. The van der Waals surface area contributed by atoms with Crippen LogP contribution in [0.15, 0.2) is 48.5 Å². The topological polar surface area (TPSA) is 52.7 Å². The van der Waals surface area contributed by atoms with E-state index in [0.717, 1.165) is 0 Å². The van der Waals surface area contributed by atoms with E-state index >= 15 is 0 Å². The fraction of sp³-hybridized carbons (Fsp3) is 0.364. The minimum atomic E-state index is -0.0765. The van der Waals surface area contributed by atoms with Crippen LogP contribution in [0.4, 0.5) is 5.69 Å². The molecule has 0 fully saturated rings. The molecule has 0 atom stereocenters. The number of anilines is 1. The normalized spacial score (nSPS) is 10.7. The van der Waals surface area contributed by atoms with Gasteiger partial charge in [0.25, 0.3) is 5.91 Å². The molecule has 0 radical (unpaired) electrons. The maximum absolute atomic E-state index is 12.3. The second-order valence-electron chi connectivity index (χ2n) is 6.76. The van der Waals surface area contributed by atoms with Crippen LogP contribution in [0.2, 0.25) is 0 Å². The molecule has 5 nitrogen and oxygen atoms in total. The minimum Gasteiger partial charge on any atom is -0.339 e. The lowest BCUT2D eigenvalue weighted by molar-refractivity contribution is -0.117. The standard InChI is InChI=1S/C22H29N3O2/c1-5-25(6-2)22(27)19-11-13-20(14-12-19)23-21(26)16-24(4)15-18-9-7-17(3)8-10-18/h7-14H,5-6,15-16H2,1-4H3,(H,23,26). The highest BCUT2D eigenvalue weighted by Gasteiger charge is 2.13. The Morgan fingerprint density at radius 2 is 1.52 bits per heavy atom. The molecule has 0 unspecified atom stereocenters. The molecule has 1 N–H and O–H groups in total. The van der Waals surface area contributed by atoms with E-state index in [1.54, 1.807) is 29.2 Å². The number of aryl methyl sites for hydroxylation is 1. The van der Waals surface area contributed by atoms with Gasteiger partial charge in [-0.05, 0) is 57.6 Å². The van der Waals surface area contributed by atoms with Crippen molar-refractivity contribution in [3.8, 4) is 0 Å². The van der Waals surface area contributed by atoms with Crippen molar-refractivity contribution >= 4 is 17.5 Å². The predicted molar refractivity (Wildman–Crippen MR) is 110 cm³/mol. The molecular formula is C22H29N3O2. The molecule has 2 aromatic rings. The number of nitrogens with one attached hydrogen (secondary N) is 1. The van der Waals surface area contributed by atoms with Crippen LogP contribution in [-0.4, -0.2) is 48.3 Å². The Labute approximate surface area is 162 Å². The van der Waals surface area contributed by atoms with Crippen LogP contribution < -0.4 is 5.32 Å². The van der Waals surface area contributed by atoms with Gasteiger partial charge in [0.05, 0.1) is 6.54 Å². The van der Waals surface area contributed by atoms with Crippen LogP contribution in [-0.2, 0) is 11.3 Å². The summed E-state index contributed by atoms with van der Waals surface area (Å²) in [7, 11) is 1.92. The van der Waals surface area contributed by atoms with E-state index in [1.165, 1.54) is 11.1 Å². The van der Waals surface area contributed by atoms with E-state index in [0.29, 0.717) is 37.4 Å². The first-order valence-corrected chi connectivity index (χ1v) is 9.36. The summed E-state index contributed by atoms with van der Waals surface area (Å²) in [4.78, 5) is 28.3. The molecule has 27 heavy (non-hydrogen) atoms. The summed E-state index contributed by atoms with van der Waals surface area (Å²) in [6, 6.07) is 15.4. The van der Waals surface area contributed by atoms with Gasteiger partial charge < -0.3 is 10.2 Å². The molecule has 0 heterocycles. The molecule has 0 aromatic heterocycles. The molecule has 0 spiro atoms. The zero-order chi connectivity index (χ0) is 19.8. The molecule has 2 rings (SSSR count). The van der Waals surface area contributed by atoms with Gasteiger partial charge in [0.2, 0.25) is 5.91 Å². The largest absolute Gasteiger partial charge is 0.339 e. The minimum absolute atomic E-state index is 0.00991. The van der Waals surface area contributed by atoms with Crippen molar-refractivity contribution in [2.24, 2.45) is 0 Å². The van der Waals surface area contributed by atoms with Gasteiger partial charge in [0, 0.05) is 30.9 Å². The molecule has 144 valence electrons. The number of nitrogens with zero attached hydrogens (tertiary/aromatic N) is 2. The van der Waals surface area contributed by atoms with Crippen LogP contribution in [0, 0.1) is 6.92 Å². The van der Waals surface area contributed by atoms with E-state index in [-0.39, 0.29) is 11.8 Å². The Kier molecular flexibility index (Phi) is 7.55. The van der Waals surface area contributed by atoms with Crippen LogP contribution >= 0.6 is 0 Å². The summed E-state index contributed by atoms with van der Waals surface area (Å²) in [5.41, 5.74) is 3.73. The van der Waals surface area contributed by atoms with Crippen LogP contribution in [0.3, 0.4) is 0 Å². The maximum atomic E-state index is 12.3. The number of carbonyl (C=O) groups excluding carboxylic acids is 2. The number of hydrogen-bond donors (Lipinski definition) is 1. The summed E-state index contributed by atoms with van der Waals surface area (Å²) < 4.78 is 0. The van der Waals surface area contributed by atoms with Crippen LogP contribution in [0.5, 0.6) is 0 Å². The lowest BCUT2D eigenvalue weighted by atomic mass is 10.1. The Morgan fingerprint density at radius 1 is 0.926 bits per heavy atom. The van der Waals surface area contributed by atoms with Crippen molar-refractivity contribution < 1.29 is 9.59 Å². The number of carbonyl (C=O) groups is 2. The Hall–Kier alpha value is -2.66. The summed E-state index contributed by atoms with van der Waals surface area (Å²) >= 11 is 0. The van der Waals surface area contributed by atoms with Gasteiger partial charge in [0.1, 0.15) is 0 Å². The maximum Gasteiger partial charge on any atom is 0.253 e. The van der Waals surface area contributed by atoms with Crippen LogP contribution in [0.1, 0.15) is 35.3 Å². The highest BCUT2D eigenvalue weighted by molar-refractivity contribution is 5.96. The average molecular weight is 367 g/mol. The van der Waals surface area contributed by atoms with E-state index in [2.05, 4.69) is 36.5 Å². The second-order valence-corrected chi connectivity index (χ2v) is 6.76. The summed E-state index contributed by atoms with van der Waals surface area (Å²) in [6.07, 6.45) is 0. The summed E-state index contributed by atoms with van der Waals surface area (Å²) in [5.74, 6) is -0.0665. The molecule has 2 aromatic carbocycles. The first kappa shape index (κ1) is 20.6.